The fourth-order valence-electron chi connectivity index (χ4n) is 4.57. The summed E-state index contributed by atoms with van der Waals surface area (Å²) in [4.78, 5) is 2.39. The SMILES string of the molecule is CCC(C)c1ccc(N(c2ccc(C(C)(C)CC)cc2)c2ccc(C(C)(CC)CC)cc2)cc1. The van der Waals surface area contributed by atoms with Crippen molar-refractivity contribution in [2.45, 2.75) is 97.8 Å². The standard InChI is InChI=1S/C33H45N/c1-9-25(5)26-13-19-29(20-14-26)34(30-21-15-27(16-22-30)32(6,7)10-2)31-23-17-28(18-24-31)33(8,11-3)12-4/h13-25H,9-12H2,1-8H3. The number of nitrogens with zero attached hydrogens (tertiary/aromatic N) is 1. The van der Waals surface area contributed by atoms with Crippen LogP contribution >= 0.6 is 0 Å². The molecule has 0 heterocycles. The third-order valence-corrected chi connectivity index (χ3v) is 8.51. The smallest absolute Gasteiger partial charge is 0.0461 e. The van der Waals surface area contributed by atoms with Crippen LogP contribution in [-0.4, -0.2) is 0 Å². The van der Waals surface area contributed by atoms with Crippen LogP contribution in [0.4, 0.5) is 17.1 Å². The summed E-state index contributed by atoms with van der Waals surface area (Å²) in [5.41, 5.74) is 8.25. The molecule has 0 aliphatic rings. The Morgan fingerprint density at radius 2 is 1.00 bits per heavy atom. The lowest BCUT2D eigenvalue weighted by atomic mass is 9.78. The molecule has 0 bridgehead atoms. The van der Waals surface area contributed by atoms with Crippen molar-refractivity contribution in [1.82, 2.24) is 0 Å². The molecular formula is C33H45N. The molecular weight excluding hydrogens is 410 g/mol. The van der Waals surface area contributed by atoms with E-state index in [1.807, 2.05) is 0 Å². The molecule has 0 aliphatic heterocycles. The summed E-state index contributed by atoms with van der Waals surface area (Å²) in [6.07, 6.45) is 4.59. The van der Waals surface area contributed by atoms with Gasteiger partial charge in [0.2, 0.25) is 0 Å². The van der Waals surface area contributed by atoms with Gasteiger partial charge in [-0.15, -0.1) is 0 Å². The first-order valence-electron chi connectivity index (χ1n) is 13.3. The zero-order valence-corrected chi connectivity index (χ0v) is 22.8. The number of anilines is 3. The Morgan fingerprint density at radius 1 is 0.588 bits per heavy atom. The van der Waals surface area contributed by atoms with Crippen molar-refractivity contribution >= 4 is 17.1 Å². The predicted molar refractivity (Wildman–Crippen MR) is 151 cm³/mol. The molecule has 0 saturated carbocycles. The first-order chi connectivity index (χ1) is 16.2. The first-order valence-corrected chi connectivity index (χ1v) is 13.3. The van der Waals surface area contributed by atoms with E-state index in [2.05, 4.69) is 133 Å². The largest absolute Gasteiger partial charge is 0.311 e. The number of hydrogen-bond donors (Lipinski definition) is 0. The topological polar surface area (TPSA) is 3.24 Å². The van der Waals surface area contributed by atoms with Crippen LogP contribution in [0.5, 0.6) is 0 Å². The molecule has 0 aromatic heterocycles. The van der Waals surface area contributed by atoms with Crippen LogP contribution in [0.3, 0.4) is 0 Å². The molecule has 0 amide bonds. The quantitative estimate of drug-likeness (QED) is 0.294. The molecule has 1 nitrogen and oxygen atoms in total. The highest BCUT2D eigenvalue weighted by Crippen LogP contribution is 2.39. The van der Waals surface area contributed by atoms with Crippen LogP contribution in [0, 0.1) is 0 Å². The molecule has 1 atom stereocenters. The Bertz CT molecular complexity index is 1020. The molecule has 1 unspecified atom stereocenters. The lowest BCUT2D eigenvalue weighted by molar-refractivity contribution is 0.439. The molecule has 34 heavy (non-hydrogen) atoms. The van der Waals surface area contributed by atoms with Gasteiger partial charge in [-0.3, -0.25) is 0 Å². The molecule has 3 rings (SSSR count). The van der Waals surface area contributed by atoms with Gasteiger partial charge >= 0.3 is 0 Å². The van der Waals surface area contributed by atoms with Gasteiger partial charge in [0.25, 0.3) is 0 Å². The normalized spacial score (nSPS) is 13.1. The van der Waals surface area contributed by atoms with Gasteiger partial charge in [0.15, 0.2) is 0 Å². The molecule has 0 spiro atoms. The average molecular weight is 456 g/mol. The summed E-state index contributed by atoms with van der Waals surface area (Å²) in [6.45, 7) is 18.4. The van der Waals surface area contributed by atoms with E-state index in [9.17, 15) is 0 Å². The maximum absolute atomic E-state index is 2.39. The van der Waals surface area contributed by atoms with E-state index in [-0.39, 0.29) is 10.8 Å². The van der Waals surface area contributed by atoms with E-state index < -0.39 is 0 Å². The van der Waals surface area contributed by atoms with E-state index in [4.69, 9.17) is 0 Å². The molecule has 1 heteroatoms. The second kappa shape index (κ2) is 10.8. The Balaban J connectivity index is 2.06. The minimum Gasteiger partial charge on any atom is -0.311 e. The predicted octanol–water partition coefficient (Wildman–Crippen LogP) is 10.4. The molecule has 0 fully saturated rings. The van der Waals surface area contributed by atoms with E-state index >= 15 is 0 Å². The van der Waals surface area contributed by atoms with Crippen LogP contribution in [0.25, 0.3) is 0 Å². The summed E-state index contributed by atoms with van der Waals surface area (Å²) in [5.74, 6) is 0.582. The minimum absolute atomic E-state index is 0.188. The third-order valence-electron chi connectivity index (χ3n) is 8.51. The molecule has 182 valence electrons. The van der Waals surface area contributed by atoms with Crippen molar-refractivity contribution in [1.29, 1.82) is 0 Å². The Hall–Kier alpha value is -2.54. The first kappa shape index (κ1) is 26.1. The highest BCUT2D eigenvalue weighted by molar-refractivity contribution is 5.77. The summed E-state index contributed by atoms with van der Waals surface area (Å²) in [5, 5.41) is 0. The maximum atomic E-state index is 2.39. The van der Waals surface area contributed by atoms with Gasteiger partial charge in [0.1, 0.15) is 0 Å². The minimum atomic E-state index is 0.188. The van der Waals surface area contributed by atoms with Crippen molar-refractivity contribution in [2.75, 3.05) is 4.90 Å². The van der Waals surface area contributed by atoms with Gasteiger partial charge in [0, 0.05) is 17.1 Å². The second-order valence-electron chi connectivity index (χ2n) is 10.8. The summed E-state index contributed by atoms with van der Waals surface area (Å²) < 4.78 is 0. The van der Waals surface area contributed by atoms with E-state index in [0.29, 0.717) is 5.92 Å². The fraction of sp³-hybridized carbons (Fsp3) is 0.455. The monoisotopic (exact) mass is 455 g/mol. The maximum Gasteiger partial charge on any atom is 0.0461 e. The lowest BCUT2D eigenvalue weighted by Crippen LogP contribution is -2.19. The number of benzene rings is 3. The molecule has 0 N–H and O–H groups in total. The van der Waals surface area contributed by atoms with Crippen molar-refractivity contribution in [2.24, 2.45) is 0 Å². The van der Waals surface area contributed by atoms with Gasteiger partial charge in [-0.2, -0.15) is 0 Å². The summed E-state index contributed by atoms with van der Waals surface area (Å²) in [6, 6.07) is 27.6. The summed E-state index contributed by atoms with van der Waals surface area (Å²) >= 11 is 0. The Labute approximate surface area is 209 Å². The van der Waals surface area contributed by atoms with E-state index in [1.165, 1.54) is 33.8 Å². The zero-order chi connectivity index (χ0) is 24.9. The molecule has 3 aromatic carbocycles. The van der Waals surface area contributed by atoms with Crippen LogP contribution in [0.2, 0.25) is 0 Å². The van der Waals surface area contributed by atoms with Crippen LogP contribution in [0.1, 0.15) is 104 Å². The third kappa shape index (κ3) is 5.40. The molecule has 0 radical (unpaired) electrons. The zero-order valence-electron chi connectivity index (χ0n) is 22.8. The van der Waals surface area contributed by atoms with Gasteiger partial charge in [-0.25, -0.2) is 0 Å². The highest BCUT2D eigenvalue weighted by Gasteiger charge is 2.23. The lowest BCUT2D eigenvalue weighted by Gasteiger charge is -2.30. The Kier molecular flexibility index (Phi) is 8.29. The average Bonchev–Trinajstić information content (AvgIpc) is 2.89. The van der Waals surface area contributed by atoms with Crippen molar-refractivity contribution < 1.29 is 0 Å². The van der Waals surface area contributed by atoms with Gasteiger partial charge in [-0.1, -0.05) is 91.8 Å². The van der Waals surface area contributed by atoms with Gasteiger partial charge in [-0.05, 0) is 95.5 Å². The highest BCUT2D eigenvalue weighted by atomic mass is 15.1. The fourth-order valence-corrected chi connectivity index (χ4v) is 4.57. The second-order valence-corrected chi connectivity index (χ2v) is 10.8. The van der Waals surface area contributed by atoms with E-state index in [1.54, 1.807) is 0 Å². The summed E-state index contributed by atoms with van der Waals surface area (Å²) in [7, 11) is 0. The number of hydrogen-bond acceptors (Lipinski definition) is 1. The van der Waals surface area contributed by atoms with Crippen LogP contribution < -0.4 is 4.90 Å². The number of rotatable bonds is 10. The molecule has 0 aliphatic carbocycles. The van der Waals surface area contributed by atoms with Crippen molar-refractivity contribution in [3.63, 3.8) is 0 Å². The van der Waals surface area contributed by atoms with Crippen molar-refractivity contribution in [3.05, 3.63) is 89.5 Å². The Morgan fingerprint density at radius 3 is 1.38 bits per heavy atom. The molecule has 3 aromatic rings. The van der Waals surface area contributed by atoms with Crippen molar-refractivity contribution in [3.8, 4) is 0 Å². The van der Waals surface area contributed by atoms with Gasteiger partial charge in [0.05, 0.1) is 0 Å². The van der Waals surface area contributed by atoms with E-state index in [0.717, 1.165) is 25.7 Å². The van der Waals surface area contributed by atoms with Crippen LogP contribution in [0.15, 0.2) is 72.8 Å². The molecule has 0 saturated heterocycles. The van der Waals surface area contributed by atoms with Gasteiger partial charge < -0.3 is 4.90 Å². The van der Waals surface area contributed by atoms with Crippen LogP contribution in [-0.2, 0) is 10.8 Å².